The maximum absolute atomic E-state index is 12.5. The summed E-state index contributed by atoms with van der Waals surface area (Å²) in [5.41, 5.74) is 7.15. The van der Waals surface area contributed by atoms with E-state index in [-0.39, 0.29) is 5.91 Å². The zero-order valence-corrected chi connectivity index (χ0v) is 12.8. The molecule has 1 amide bonds. The summed E-state index contributed by atoms with van der Waals surface area (Å²) >= 11 is 0. The van der Waals surface area contributed by atoms with Crippen molar-refractivity contribution >= 4 is 22.6 Å². The number of rotatable bonds is 3. The molecule has 4 nitrogen and oxygen atoms in total. The van der Waals surface area contributed by atoms with E-state index < -0.39 is 5.54 Å². The Kier molecular flexibility index (Phi) is 3.11. The highest BCUT2D eigenvalue weighted by molar-refractivity contribution is 5.92. The van der Waals surface area contributed by atoms with Gasteiger partial charge in [0.2, 0.25) is 5.91 Å². The van der Waals surface area contributed by atoms with Gasteiger partial charge in [-0.1, -0.05) is 48.5 Å². The molecule has 1 atom stereocenters. The maximum Gasteiger partial charge on any atom is 0.248 e. The Balaban J connectivity index is 1.87. The van der Waals surface area contributed by atoms with Crippen LogP contribution in [0, 0.1) is 0 Å². The topological polar surface area (TPSA) is 62.1 Å². The number of fused-ring (bicyclic) bond motifs is 1. The first-order valence-corrected chi connectivity index (χ1v) is 7.93. The number of nitrogens with one attached hydrogen (secondary N) is 1. The Morgan fingerprint density at radius 3 is 2.57 bits per heavy atom. The highest BCUT2D eigenvalue weighted by atomic mass is 16.1. The molecule has 1 saturated heterocycles. The van der Waals surface area contributed by atoms with Gasteiger partial charge < -0.3 is 15.6 Å². The molecule has 4 heteroatoms. The number of nitrogens with two attached hydrogens (primary N) is 1. The van der Waals surface area contributed by atoms with Crippen molar-refractivity contribution in [1.82, 2.24) is 4.98 Å². The summed E-state index contributed by atoms with van der Waals surface area (Å²) in [6.07, 6.45) is 1.68. The molecule has 1 aromatic heterocycles. The quantitative estimate of drug-likeness (QED) is 0.781. The van der Waals surface area contributed by atoms with Gasteiger partial charge in [-0.25, -0.2) is 0 Å². The predicted octanol–water partition coefficient (Wildman–Crippen LogP) is 3.15. The molecule has 116 valence electrons. The van der Waals surface area contributed by atoms with Crippen molar-refractivity contribution in [2.45, 2.75) is 18.4 Å². The van der Waals surface area contributed by atoms with Gasteiger partial charge in [0.1, 0.15) is 11.4 Å². The minimum absolute atomic E-state index is 0.292. The number of primary amides is 1. The first-order valence-electron chi connectivity index (χ1n) is 7.93. The van der Waals surface area contributed by atoms with Crippen LogP contribution in [0.25, 0.3) is 10.9 Å². The molecule has 0 saturated carbocycles. The van der Waals surface area contributed by atoms with Crippen molar-refractivity contribution < 1.29 is 4.79 Å². The molecule has 3 aromatic rings. The SMILES string of the molecule is NC(=O)C1(c2ccccc2)CCCN1c1cc2ccccc2[nH]1. The second kappa shape index (κ2) is 5.16. The summed E-state index contributed by atoms with van der Waals surface area (Å²) in [4.78, 5) is 18.1. The van der Waals surface area contributed by atoms with Crippen molar-refractivity contribution in [3.05, 3.63) is 66.2 Å². The van der Waals surface area contributed by atoms with Crippen LogP contribution < -0.4 is 10.6 Å². The number of para-hydroxylation sites is 1. The first kappa shape index (κ1) is 13.9. The maximum atomic E-state index is 12.5. The summed E-state index contributed by atoms with van der Waals surface area (Å²) in [7, 11) is 0. The Hall–Kier alpha value is -2.75. The van der Waals surface area contributed by atoms with E-state index in [2.05, 4.69) is 22.0 Å². The van der Waals surface area contributed by atoms with Crippen LogP contribution in [0.15, 0.2) is 60.7 Å². The summed E-state index contributed by atoms with van der Waals surface area (Å²) in [6, 6.07) is 20.1. The molecular weight excluding hydrogens is 286 g/mol. The molecule has 0 spiro atoms. The average Bonchev–Trinajstić information content (AvgIpc) is 3.20. The number of hydrogen-bond donors (Lipinski definition) is 2. The fraction of sp³-hybridized carbons (Fsp3) is 0.211. The minimum Gasteiger partial charge on any atom is -0.367 e. The number of aromatic amines is 1. The summed E-state index contributed by atoms with van der Waals surface area (Å²) in [5, 5.41) is 1.14. The second-order valence-corrected chi connectivity index (χ2v) is 6.09. The Morgan fingerprint density at radius 1 is 1.09 bits per heavy atom. The number of benzene rings is 2. The molecule has 2 aromatic carbocycles. The standard InChI is InChI=1S/C19H19N3O/c20-18(23)19(15-8-2-1-3-9-15)11-6-12-22(19)17-13-14-7-4-5-10-16(14)21-17/h1-5,7-10,13,21H,6,11-12H2,(H2,20,23). The van der Waals surface area contributed by atoms with Crippen LogP contribution in [-0.2, 0) is 10.3 Å². The Bertz CT molecular complexity index is 822. The number of amides is 1. The minimum atomic E-state index is -0.776. The Morgan fingerprint density at radius 2 is 1.83 bits per heavy atom. The lowest BCUT2D eigenvalue weighted by molar-refractivity contribution is -0.123. The zero-order chi connectivity index (χ0) is 15.9. The number of H-pyrrole nitrogens is 1. The molecule has 2 heterocycles. The van der Waals surface area contributed by atoms with Crippen molar-refractivity contribution in [2.24, 2.45) is 5.73 Å². The fourth-order valence-corrected chi connectivity index (χ4v) is 3.76. The van der Waals surface area contributed by atoms with E-state index in [1.807, 2.05) is 48.5 Å². The zero-order valence-electron chi connectivity index (χ0n) is 12.8. The van der Waals surface area contributed by atoms with E-state index in [1.54, 1.807) is 0 Å². The van der Waals surface area contributed by atoms with Gasteiger partial charge >= 0.3 is 0 Å². The van der Waals surface area contributed by atoms with Crippen LogP contribution in [0.3, 0.4) is 0 Å². The molecule has 23 heavy (non-hydrogen) atoms. The largest absolute Gasteiger partial charge is 0.367 e. The van der Waals surface area contributed by atoms with Crippen molar-refractivity contribution in [3.63, 3.8) is 0 Å². The van der Waals surface area contributed by atoms with Crippen molar-refractivity contribution in [2.75, 3.05) is 11.4 Å². The second-order valence-electron chi connectivity index (χ2n) is 6.09. The van der Waals surface area contributed by atoms with E-state index >= 15 is 0 Å². The molecule has 4 rings (SSSR count). The third-order valence-corrected chi connectivity index (χ3v) is 4.85. The van der Waals surface area contributed by atoms with Gasteiger partial charge in [-0.2, -0.15) is 0 Å². The molecule has 1 aliphatic rings. The highest BCUT2D eigenvalue weighted by Gasteiger charge is 2.48. The van der Waals surface area contributed by atoms with Gasteiger partial charge in [-0.15, -0.1) is 0 Å². The molecule has 3 N–H and O–H groups in total. The number of anilines is 1. The first-order chi connectivity index (χ1) is 11.2. The lowest BCUT2D eigenvalue weighted by Crippen LogP contribution is -2.51. The van der Waals surface area contributed by atoms with Gasteiger partial charge in [0, 0.05) is 17.4 Å². The molecule has 0 radical (unpaired) electrons. The van der Waals surface area contributed by atoms with Gasteiger partial charge in [0.05, 0.1) is 0 Å². The summed E-state index contributed by atoms with van der Waals surface area (Å²) < 4.78 is 0. The van der Waals surface area contributed by atoms with Crippen LogP contribution in [0.5, 0.6) is 0 Å². The fourth-order valence-electron chi connectivity index (χ4n) is 3.76. The number of hydrogen-bond acceptors (Lipinski definition) is 2. The van der Waals surface area contributed by atoms with Crippen LogP contribution in [0.4, 0.5) is 5.82 Å². The summed E-state index contributed by atoms with van der Waals surface area (Å²) in [5.74, 6) is 0.659. The van der Waals surface area contributed by atoms with Crippen LogP contribution in [-0.4, -0.2) is 17.4 Å². The monoisotopic (exact) mass is 305 g/mol. The summed E-state index contributed by atoms with van der Waals surface area (Å²) in [6.45, 7) is 0.810. The van der Waals surface area contributed by atoms with Gasteiger partial charge in [0.25, 0.3) is 0 Å². The Labute approximate surface area is 134 Å². The van der Waals surface area contributed by atoms with Crippen LogP contribution in [0.2, 0.25) is 0 Å². The number of nitrogens with zero attached hydrogens (tertiary/aromatic N) is 1. The molecule has 1 aliphatic heterocycles. The van der Waals surface area contributed by atoms with E-state index in [1.165, 1.54) is 0 Å². The predicted molar refractivity (Wildman–Crippen MR) is 92.2 cm³/mol. The highest BCUT2D eigenvalue weighted by Crippen LogP contribution is 2.42. The number of aromatic nitrogens is 1. The van der Waals surface area contributed by atoms with E-state index in [9.17, 15) is 4.79 Å². The van der Waals surface area contributed by atoms with E-state index in [4.69, 9.17) is 5.73 Å². The molecule has 1 fully saturated rings. The molecule has 0 aliphatic carbocycles. The van der Waals surface area contributed by atoms with Crippen LogP contribution >= 0.6 is 0 Å². The number of carbonyl (C=O) groups excluding carboxylic acids is 1. The van der Waals surface area contributed by atoms with Gasteiger partial charge in [-0.3, -0.25) is 4.79 Å². The van der Waals surface area contributed by atoms with Gasteiger partial charge in [0.15, 0.2) is 0 Å². The third kappa shape index (κ3) is 2.02. The third-order valence-electron chi connectivity index (χ3n) is 4.85. The smallest absolute Gasteiger partial charge is 0.248 e. The van der Waals surface area contributed by atoms with Crippen LogP contribution in [0.1, 0.15) is 18.4 Å². The molecule has 1 unspecified atom stereocenters. The van der Waals surface area contributed by atoms with E-state index in [0.717, 1.165) is 41.7 Å². The van der Waals surface area contributed by atoms with Crippen molar-refractivity contribution in [3.8, 4) is 0 Å². The lowest BCUT2D eigenvalue weighted by Gasteiger charge is -2.37. The molecule has 0 bridgehead atoms. The lowest BCUT2D eigenvalue weighted by atomic mass is 9.86. The van der Waals surface area contributed by atoms with E-state index in [0.29, 0.717) is 0 Å². The number of carbonyl (C=O) groups is 1. The normalized spacial score (nSPS) is 21.0. The average molecular weight is 305 g/mol. The molecular formula is C19H19N3O. The van der Waals surface area contributed by atoms with Gasteiger partial charge in [-0.05, 0) is 30.5 Å². The van der Waals surface area contributed by atoms with Crippen molar-refractivity contribution in [1.29, 1.82) is 0 Å².